The van der Waals surface area contributed by atoms with Gasteiger partial charge in [0.25, 0.3) is 0 Å². The summed E-state index contributed by atoms with van der Waals surface area (Å²) in [6.45, 7) is 15.2. The van der Waals surface area contributed by atoms with E-state index in [1.54, 1.807) is 11.9 Å². The predicted octanol–water partition coefficient (Wildman–Crippen LogP) is 7.98. The van der Waals surface area contributed by atoms with E-state index in [2.05, 4.69) is 41.0 Å². The summed E-state index contributed by atoms with van der Waals surface area (Å²) in [5.41, 5.74) is 5.81. The normalized spacial score (nSPS) is 28.2. The van der Waals surface area contributed by atoms with Gasteiger partial charge in [0.05, 0.1) is 24.1 Å². The number of ether oxygens (including phenoxy) is 2. The van der Waals surface area contributed by atoms with Crippen LogP contribution in [0.1, 0.15) is 101 Å². The Bertz CT molecular complexity index is 1810. The Morgan fingerprint density at radius 1 is 1.02 bits per heavy atom. The third-order valence-corrected chi connectivity index (χ3v) is 11.5. The van der Waals surface area contributed by atoms with Gasteiger partial charge in [0.15, 0.2) is 5.69 Å². The molecule has 2 aromatic heterocycles. The van der Waals surface area contributed by atoms with Gasteiger partial charge >= 0.3 is 12.1 Å². The number of anilines is 1. The highest BCUT2D eigenvalue weighted by Crippen LogP contribution is 2.72. The van der Waals surface area contributed by atoms with E-state index in [-0.39, 0.29) is 33.6 Å². The third kappa shape index (κ3) is 6.63. The largest absolute Gasteiger partial charge is 0.476 e. The molecule has 5 aliphatic rings. The molecule has 10 nitrogen and oxygen atoms in total. The van der Waals surface area contributed by atoms with E-state index < -0.39 is 11.6 Å². The van der Waals surface area contributed by atoms with Crippen LogP contribution < -0.4 is 5.32 Å². The lowest BCUT2D eigenvalue weighted by atomic mass is 9.39. The molecule has 0 radical (unpaired) electrons. The van der Waals surface area contributed by atoms with Crippen LogP contribution in [0.15, 0.2) is 36.5 Å². The maximum absolute atomic E-state index is 12.6. The van der Waals surface area contributed by atoms with Gasteiger partial charge in [-0.15, -0.1) is 0 Å². The van der Waals surface area contributed by atoms with Crippen LogP contribution in [-0.4, -0.2) is 74.8 Å². The summed E-state index contributed by atoms with van der Waals surface area (Å²) in [5.74, 6) is -1.05. The number of hydrogen-bond acceptors (Lipinski definition) is 7. The number of carbonyl (C=O) groups excluding carboxylic acids is 1. The molecule has 50 heavy (non-hydrogen) atoms. The first-order valence-electron chi connectivity index (χ1n) is 18.2. The van der Waals surface area contributed by atoms with Gasteiger partial charge in [0.2, 0.25) is 0 Å². The van der Waals surface area contributed by atoms with Gasteiger partial charge in [-0.1, -0.05) is 26.0 Å². The van der Waals surface area contributed by atoms with Crippen molar-refractivity contribution in [2.75, 3.05) is 32.1 Å². The van der Waals surface area contributed by atoms with Crippen LogP contribution in [0.25, 0.3) is 22.4 Å². The van der Waals surface area contributed by atoms with Crippen LogP contribution in [0, 0.1) is 23.2 Å². The number of aromatic nitrogens is 3. The minimum Gasteiger partial charge on any atom is -0.476 e. The molecule has 2 atom stereocenters. The molecule has 2 unspecified atom stereocenters. The number of pyridine rings is 1. The van der Waals surface area contributed by atoms with Crippen molar-refractivity contribution in [1.29, 1.82) is 0 Å². The topological polar surface area (TPSA) is 119 Å². The highest BCUT2D eigenvalue weighted by molar-refractivity contribution is 5.95. The number of nitrogens with zero attached hydrogens (tertiary/aromatic N) is 4. The van der Waals surface area contributed by atoms with Gasteiger partial charge in [-0.3, -0.25) is 4.68 Å². The summed E-state index contributed by atoms with van der Waals surface area (Å²) >= 11 is 0. The molecule has 0 saturated heterocycles. The number of aryl methyl sites for hydroxylation is 1. The lowest BCUT2D eigenvalue weighted by Gasteiger charge is -2.69. The van der Waals surface area contributed by atoms with E-state index in [9.17, 15) is 14.7 Å². The van der Waals surface area contributed by atoms with Crippen LogP contribution >= 0.6 is 0 Å². The van der Waals surface area contributed by atoms with Crippen molar-refractivity contribution in [2.24, 2.45) is 16.2 Å². The molecule has 4 fully saturated rings. The molecular formula is C40H53N5O5. The van der Waals surface area contributed by atoms with Gasteiger partial charge in [0, 0.05) is 54.8 Å². The number of hydrogen-bond donors (Lipinski definition) is 2. The zero-order valence-corrected chi connectivity index (χ0v) is 30.8. The fourth-order valence-electron chi connectivity index (χ4n) is 10.8. The van der Waals surface area contributed by atoms with Crippen LogP contribution in [-0.2, 0) is 22.4 Å². The molecule has 1 aliphatic heterocycles. The molecule has 3 heterocycles. The highest BCUT2D eigenvalue weighted by Gasteiger charge is 2.66. The average Bonchev–Trinajstić information content (AvgIpc) is 3.36. The van der Waals surface area contributed by atoms with Crippen molar-refractivity contribution >= 4 is 17.7 Å². The molecule has 4 aliphatic carbocycles. The van der Waals surface area contributed by atoms with Gasteiger partial charge in [-0.25, -0.2) is 14.6 Å². The highest BCUT2D eigenvalue weighted by atomic mass is 16.6. The molecular weight excluding hydrogens is 630 g/mol. The molecule has 4 bridgehead atoms. The molecule has 3 aromatic rings. The Morgan fingerprint density at radius 3 is 2.46 bits per heavy atom. The second-order valence-electron chi connectivity index (χ2n) is 17.7. The standard InChI is InChI=1S/C40H53N5O5/c1-26-30(29-12-13-31(43-33(29)34(46)47)28-11-10-27-9-8-14-41-32(27)17-28)18-42-45(26)25-39-20-37(5)19-38(6,21-39)23-40(22-37,24-39)49-16-15-44(7)35(48)50-36(2,3)4/h10-13,17-18,41H,8-9,14-16,19-25H2,1-7H3,(H,46,47). The van der Waals surface area contributed by atoms with Gasteiger partial charge in [-0.2, -0.15) is 5.10 Å². The molecule has 10 heteroatoms. The minimum atomic E-state index is -1.05. The molecule has 8 rings (SSSR count). The Labute approximate surface area is 295 Å². The number of fused-ring (bicyclic) bond motifs is 1. The fourth-order valence-corrected chi connectivity index (χ4v) is 10.8. The number of carbonyl (C=O) groups is 2. The summed E-state index contributed by atoms with van der Waals surface area (Å²) in [5, 5.41) is 18.7. The van der Waals surface area contributed by atoms with Crippen LogP contribution in [0.4, 0.5) is 10.5 Å². The predicted molar refractivity (Wildman–Crippen MR) is 193 cm³/mol. The van der Waals surface area contributed by atoms with Gasteiger partial charge in [0.1, 0.15) is 5.60 Å². The van der Waals surface area contributed by atoms with E-state index in [0.717, 1.165) is 80.5 Å². The Kier molecular flexibility index (Phi) is 8.36. The Hall–Kier alpha value is -3.92. The second-order valence-corrected chi connectivity index (χ2v) is 17.7. The summed E-state index contributed by atoms with van der Waals surface area (Å²) < 4.78 is 14.5. The number of amides is 1. The van der Waals surface area contributed by atoms with Gasteiger partial charge < -0.3 is 24.8 Å². The SMILES string of the molecule is Cc1c(-c2ccc(-c3ccc4c(c3)NCCC4)nc2C(=O)O)cnn1CC12CC3(C)CC(C)(C1)CC(OCCN(C)C(=O)OC(C)(C)C)(C3)C2. The van der Waals surface area contributed by atoms with E-state index in [1.807, 2.05) is 52.1 Å². The van der Waals surface area contributed by atoms with Crippen molar-refractivity contribution in [3.05, 3.63) is 53.5 Å². The van der Waals surface area contributed by atoms with Crippen molar-refractivity contribution in [2.45, 2.75) is 111 Å². The van der Waals surface area contributed by atoms with Crippen molar-refractivity contribution in [1.82, 2.24) is 19.7 Å². The lowest BCUT2D eigenvalue weighted by Crippen LogP contribution is -2.64. The molecule has 4 saturated carbocycles. The molecule has 1 amide bonds. The number of nitrogens with one attached hydrogen (secondary N) is 1. The quantitative estimate of drug-likeness (QED) is 0.233. The smallest absolute Gasteiger partial charge is 0.410 e. The number of likely N-dealkylation sites (N-methyl/N-ethyl adjacent to an activating group) is 1. The van der Waals surface area contributed by atoms with E-state index >= 15 is 0 Å². The monoisotopic (exact) mass is 683 g/mol. The first-order valence-corrected chi connectivity index (χ1v) is 18.2. The average molecular weight is 684 g/mol. The number of carboxylic acid groups (broad SMARTS) is 1. The maximum Gasteiger partial charge on any atom is 0.410 e. The molecule has 2 N–H and O–H groups in total. The number of aromatic carboxylic acids is 1. The maximum atomic E-state index is 12.6. The van der Waals surface area contributed by atoms with E-state index in [4.69, 9.17) is 14.6 Å². The van der Waals surface area contributed by atoms with Crippen LogP contribution in [0.5, 0.6) is 0 Å². The van der Waals surface area contributed by atoms with Crippen molar-refractivity contribution < 1.29 is 24.2 Å². The summed E-state index contributed by atoms with van der Waals surface area (Å²) in [4.78, 5) is 31.5. The van der Waals surface area contributed by atoms with Gasteiger partial charge in [-0.05, 0) is 119 Å². The molecule has 268 valence electrons. The fraction of sp³-hybridized carbons (Fsp3) is 0.600. The van der Waals surface area contributed by atoms with Crippen molar-refractivity contribution in [3.8, 4) is 22.4 Å². The molecule has 0 spiro atoms. The summed E-state index contributed by atoms with van der Waals surface area (Å²) in [6.07, 6.45) is 10.0. The van der Waals surface area contributed by atoms with Crippen LogP contribution in [0.2, 0.25) is 0 Å². The number of rotatable bonds is 9. The lowest BCUT2D eigenvalue weighted by molar-refractivity contribution is -0.248. The minimum absolute atomic E-state index is 0.00157. The summed E-state index contributed by atoms with van der Waals surface area (Å²) in [7, 11) is 1.77. The third-order valence-electron chi connectivity index (χ3n) is 11.5. The van der Waals surface area contributed by atoms with E-state index in [0.29, 0.717) is 24.4 Å². The zero-order valence-electron chi connectivity index (χ0n) is 30.8. The van der Waals surface area contributed by atoms with Crippen LogP contribution in [0.3, 0.4) is 0 Å². The molecule has 1 aromatic carbocycles. The Balaban J connectivity index is 1.12. The Morgan fingerprint density at radius 2 is 1.76 bits per heavy atom. The van der Waals surface area contributed by atoms with E-state index in [1.165, 1.54) is 12.0 Å². The second kappa shape index (κ2) is 12.1. The summed E-state index contributed by atoms with van der Waals surface area (Å²) in [6, 6.07) is 10.0. The van der Waals surface area contributed by atoms with Crippen molar-refractivity contribution in [3.63, 3.8) is 0 Å². The number of carboxylic acids is 1. The number of benzene rings is 1. The first-order chi connectivity index (χ1) is 23.5. The zero-order chi connectivity index (χ0) is 35.7. The first kappa shape index (κ1) is 34.5.